The molecule has 0 spiro atoms. The highest BCUT2D eigenvalue weighted by Crippen LogP contribution is 2.26. The van der Waals surface area contributed by atoms with E-state index in [0.717, 1.165) is 10.0 Å². The number of aliphatic hydroxyl groups is 1. The number of halogens is 1. The number of hydrogen-bond acceptors (Lipinski definition) is 3. The minimum absolute atomic E-state index is 0.0734. The van der Waals surface area contributed by atoms with Gasteiger partial charge < -0.3 is 5.11 Å². The molecule has 0 aromatic heterocycles. The molecule has 0 aliphatic rings. The standard InChI is InChI=1S/C12H16BrNO3/c1-3-12(15)8(2)6-9-4-5-10(14(16)17)7-11(9)13/h4-5,7-8,12,15H,3,6H2,1-2H3. The topological polar surface area (TPSA) is 63.4 Å². The minimum Gasteiger partial charge on any atom is -0.393 e. The zero-order chi connectivity index (χ0) is 13.0. The van der Waals surface area contributed by atoms with Crippen LogP contribution in [0.15, 0.2) is 22.7 Å². The molecule has 0 amide bonds. The van der Waals surface area contributed by atoms with E-state index in [1.165, 1.54) is 12.1 Å². The largest absolute Gasteiger partial charge is 0.393 e. The van der Waals surface area contributed by atoms with E-state index in [-0.39, 0.29) is 17.7 Å². The van der Waals surface area contributed by atoms with Gasteiger partial charge in [0.1, 0.15) is 0 Å². The molecule has 0 aliphatic carbocycles. The van der Waals surface area contributed by atoms with Gasteiger partial charge in [-0.3, -0.25) is 10.1 Å². The average molecular weight is 302 g/mol. The lowest BCUT2D eigenvalue weighted by Crippen LogP contribution is -2.18. The van der Waals surface area contributed by atoms with Crippen LogP contribution in [0.4, 0.5) is 5.69 Å². The lowest BCUT2D eigenvalue weighted by atomic mass is 9.94. The van der Waals surface area contributed by atoms with Gasteiger partial charge in [-0.05, 0) is 24.3 Å². The molecule has 1 N–H and O–H groups in total. The fraction of sp³-hybridized carbons (Fsp3) is 0.500. The van der Waals surface area contributed by atoms with Crippen LogP contribution in [0, 0.1) is 16.0 Å². The summed E-state index contributed by atoms with van der Waals surface area (Å²) in [4.78, 5) is 10.2. The van der Waals surface area contributed by atoms with E-state index in [4.69, 9.17) is 0 Å². The van der Waals surface area contributed by atoms with Gasteiger partial charge in [-0.15, -0.1) is 0 Å². The van der Waals surface area contributed by atoms with Crippen LogP contribution in [-0.4, -0.2) is 16.1 Å². The van der Waals surface area contributed by atoms with E-state index in [2.05, 4.69) is 15.9 Å². The molecule has 0 bridgehead atoms. The van der Waals surface area contributed by atoms with Gasteiger partial charge in [0.25, 0.3) is 5.69 Å². The molecule has 17 heavy (non-hydrogen) atoms. The number of non-ortho nitro benzene ring substituents is 1. The second-order valence-electron chi connectivity index (χ2n) is 4.19. The van der Waals surface area contributed by atoms with E-state index in [9.17, 15) is 15.2 Å². The van der Waals surface area contributed by atoms with Crippen molar-refractivity contribution >= 4 is 21.6 Å². The van der Waals surface area contributed by atoms with Gasteiger partial charge in [0.15, 0.2) is 0 Å². The normalized spacial score (nSPS) is 14.4. The second-order valence-corrected chi connectivity index (χ2v) is 5.04. The van der Waals surface area contributed by atoms with Crippen molar-refractivity contribution in [1.82, 2.24) is 0 Å². The monoisotopic (exact) mass is 301 g/mol. The van der Waals surface area contributed by atoms with Crippen molar-refractivity contribution in [2.24, 2.45) is 5.92 Å². The van der Waals surface area contributed by atoms with Gasteiger partial charge in [0.2, 0.25) is 0 Å². The van der Waals surface area contributed by atoms with Crippen molar-refractivity contribution in [3.8, 4) is 0 Å². The summed E-state index contributed by atoms with van der Waals surface area (Å²) in [6.07, 6.45) is 1.08. The molecule has 2 unspecified atom stereocenters. The summed E-state index contributed by atoms with van der Waals surface area (Å²) in [5.74, 6) is 0.137. The number of nitrogens with zero attached hydrogens (tertiary/aromatic N) is 1. The quantitative estimate of drug-likeness (QED) is 0.670. The fourth-order valence-electron chi connectivity index (χ4n) is 1.70. The van der Waals surface area contributed by atoms with E-state index in [1.807, 2.05) is 13.8 Å². The lowest BCUT2D eigenvalue weighted by molar-refractivity contribution is -0.384. The Balaban J connectivity index is 2.82. The van der Waals surface area contributed by atoms with Crippen LogP contribution in [0.25, 0.3) is 0 Å². The molecule has 0 aliphatic heterocycles. The summed E-state index contributed by atoms with van der Waals surface area (Å²) in [5.41, 5.74) is 1.06. The molecule has 1 aromatic rings. The molecule has 1 rings (SSSR count). The number of aliphatic hydroxyl groups excluding tert-OH is 1. The van der Waals surface area contributed by atoms with E-state index >= 15 is 0 Å². The Bertz CT molecular complexity index is 409. The maximum absolute atomic E-state index is 10.6. The number of benzene rings is 1. The van der Waals surface area contributed by atoms with Gasteiger partial charge in [-0.2, -0.15) is 0 Å². The van der Waals surface area contributed by atoms with Crippen LogP contribution < -0.4 is 0 Å². The third-order valence-corrected chi connectivity index (χ3v) is 3.60. The highest BCUT2D eigenvalue weighted by Gasteiger charge is 2.15. The summed E-state index contributed by atoms with van der Waals surface area (Å²) in [6.45, 7) is 3.91. The number of nitro benzene ring substituents is 1. The van der Waals surface area contributed by atoms with Crippen LogP contribution in [0.2, 0.25) is 0 Å². The van der Waals surface area contributed by atoms with E-state index in [1.54, 1.807) is 6.07 Å². The SMILES string of the molecule is CCC(O)C(C)Cc1ccc([N+](=O)[O-])cc1Br. The Morgan fingerprint density at radius 1 is 1.53 bits per heavy atom. The average Bonchev–Trinajstić information content (AvgIpc) is 2.30. The van der Waals surface area contributed by atoms with E-state index in [0.29, 0.717) is 12.8 Å². The van der Waals surface area contributed by atoms with Crippen molar-refractivity contribution < 1.29 is 10.0 Å². The van der Waals surface area contributed by atoms with Crippen LogP contribution in [0.3, 0.4) is 0 Å². The molecule has 0 heterocycles. The second kappa shape index (κ2) is 6.12. The summed E-state index contributed by atoms with van der Waals surface area (Å²) in [5, 5.41) is 20.3. The van der Waals surface area contributed by atoms with Crippen molar-refractivity contribution in [3.05, 3.63) is 38.3 Å². The first-order valence-corrected chi connectivity index (χ1v) is 6.35. The molecule has 94 valence electrons. The van der Waals surface area contributed by atoms with Crippen LogP contribution >= 0.6 is 15.9 Å². The van der Waals surface area contributed by atoms with Crippen molar-refractivity contribution in [2.75, 3.05) is 0 Å². The van der Waals surface area contributed by atoms with Gasteiger partial charge in [-0.25, -0.2) is 0 Å². The molecule has 5 heteroatoms. The maximum Gasteiger partial charge on any atom is 0.270 e. The zero-order valence-electron chi connectivity index (χ0n) is 9.89. The fourth-order valence-corrected chi connectivity index (χ4v) is 2.23. The molecule has 0 fully saturated rings. The third-order valence-electron chi connectivity index (χ3n) is 2.86. The Morgan fingerprint density at radius 3 is 2.65 bits per heavy atom. The van der Waals surface area contributed by atoms with Gasteiger partial charge >= 0.3 is 0 Å². The predicted octanol–water partition coefficient (Wildman–Crippen LogP) is 3.31. The first kappa shape index (κ1) is 14.1. The Morgan fingerprint density at radius 2 is 2.18 bits per heavy atom. The number of nitro groups is 1. The highest BCUT2D eigenvalue weighted by molar-refractivity contribution is 9.10. The Labute approximate surface area is 109 Å². The number of rotatable bonds is 5. The summed E-state index contributed by atoms with van der Waals surface area (Å²) in [6, 6.07) is 4.73. The third kappa shape index (κ3) is 3.78. The van der Waals surface area contributed by atoms with Crippen molar-refractivity contribution in [2.45, 2.75) is 32.8 Å². The molecule has 0 radical (unpaired) electrons. The maximum atomic E-state index is 10.6. The number of hydrogen-bond donors (Lipinski definition) is 1. The first-order chi connectivity index (χ1) is 7.95. The minimum atomic E-state index is -0.418. The first-order valence-electron chi connectivity index (χ1n) is 5.56. The summed E-state index contributed by atoms with van der Waals surface area (Å²) in [7, 11) is 0. The van der Waals surface area contributed by atoms with Crippen molar-refractivity contribution in [3.63, 3.8) is 0 Å². The molecular weight excluding hydrogens is 286 g/mol. The summed E-state index contributed by atoms with van der Waals surface area (Å²) >= 11 is 3.33. The van der Waals surface area contributed by atoms with Gasteiger partial charge in [0, 0.05) is 16.6 Å². The smallest absolute Gasteiger partial charge is 0.270 e. The van der Waals surface area contributed by atoms with Crippen LogP contribution in [0.5, 0.6) is 0 Å². The predicted molar refractivity (Wildman–Crippen MR) is 70.0 cm³/mol. The Kier molecular flexibility index (Phi) is 5.08. The molecule has 2 atom stereocenters. The Hall–Kier alpha value is -0.940. The van der Waals surface area contributed by atoms with E-state index < -0.39 is 4.92 Å². The molecular formula is C12H16BrNO3. The zero-order valence-corrected chi connectivity index (χ0v) is 11.5. The highest BCUT2D eigenvalue weighted by atomic mass is 79.9. The van der Waals surface area contributed by atoms with Crippen LogP contribution in [-0.2, 0) is 6.42 Å². The summed E-state index contributed by atoms with van der Waals surface area (Å²) < 4.78 is 0.724. The molecule has 0 saturated carbocycles. The van der Waals surface area contributed by atoms with Gasteiger partial charge in [-0.1, -0.05) is 35.8 Å². The molecule has 1 aromatic carbocycles. The molecule has 4 nitrogen and oxygen atoms in total. The van der Waals surface area contributed by atoms with Crippen molar-refractivity contribution in [1.29, 1.82) is 0 Å². The van der Waals surface area contributed by atoms with Gasteiger partial charge in [0.05, 0.1) is 11.0 Å². The molecule has 0 saturated heterocycles. The van der Waals surface area contributed by atoms with Crippen LogP contribution in [0.1, 0.15) is 25.8 Å². The lowest BCUT2D eigenvalue weighted by Gasteiger charge is -2.17.